The van der Waals surface area contributed by atoms with Crippen LogP contribution in [0.2, 0.25) is 0 Å². The van der Waals surface area contributed by atoms with Crippen LogP contribution in [0.25, 0.3) is 0 Å². The summed E-state index contributed by atoms with van der Waals surface area (Å²) >= 11 is 3.45. The molecule has 0 atom stereocenters. The largest absolute Gasteiger partial charge is 0.343 e. The molecule has 1 saturated carbocycles. The summed E-state index contributed by atoms with van der Waals surface area (Å²) in [6.45, 7) is 6.81. The predicted octanol–water partition coefficient (Wildman–Crippen LogP) is 3.53. The molecule has 0 N–H and O–H groups in total. The van der Waals surface area contributed by atoms with E-state index in [2.05, 4.69) is 29.8 Å². The smallest absolute Gasteiger partial charge is 0.270 e. The Bertz CT molecular complexity index is 423. The SMILES string of the molecule is CCCN(CC1CC1)C(=O)c1cc(Br)cn1CC. The fourth-order valence-corrected chi connectivity index (χ4v) is 2.70. The minimum absolute atomic E-state index is 0.177. The molecule has 0 aromatic carbocycles. The van der Waals surface area contributed by atoms with E-state index in [-0.39, 0.29) is 5.91 Å². The molecule has 1 aromatic rings. The van der Waals surface area contributed by atoms with E-state index < -0.39 is 0 Å². The summed E-state index contributed by atoms with van der Waals surface area (Å²) in [7, 11) is 0. The Labute approximate surface area is 117 Å². The third-order valence-corrected chi connectivity index (χ3v) is 3.81. The van der Waals surface area contributed by atoms with Gasteiger partial charge in [-0.3, -0.25) is 4.79 Å². The molecule has 2 rings (SSSR count). The van der Waals surface area contributed by atoms with E-state index in [1.165, 1.54) is 12.8 Å². The van der Waals surface area contributed by atoms with Crippen LogP contribution in [-0.2, 0) is 6.54 Å². The topological polar surface area (TPSA) is 25.2 Å². The monoisotopic (exact) mass is 312 g/mol. The van der Waals surface area contributed by atoms with Crippen molar-refractivity contribution in [2.45, 2.75) is 39.7 Å². The van der Waals surface area contributed by atoms with Gasteiger partial charge in [-0.05, 0) is 54.1 Å². The summed E-state index contributed by atoms with van der Waals surface area (Å²) in [5.41, 5.74) is 0.804. The van der Waals surface area contributed by atoms with E-state index in [1.807, 2.05) is 21.7 Å². The van der Waals surface area contributed by atoms with E-state index in [0.29, 0.717) is 0 Å². The Hall–Kier alpha value is -0.770. The zero-order valence-corrected chi connectivity index (χ0v) is 12.7. The van der Waals surface area contributed by atoms with Crippen molar-refractivity contribution in [3.63, 3.8) is 0 Å². The molecule has 1 aromatic heterocycles. The number of carbonyl (C=O) groups is 1. The van der Waals surface area contributed by atoms with Crippen LogP contribution in [0.4, 0.5) is 0 Å². The van der Waals surface area contributed by atoms with Gasteiger partial charge in [-0.1, -0.05) is 6.92 Å². The molecular formula is C14H21BrN2O. The number of nitrogens with zero attached hydrogens (tertiary/aromatic N) is 2. The van der Waals surface area contributed by atoms with E-state index in [4.69, 9.17) is 0 Å². The molecule has 0 aliphatic heterocycles. The third-order valence-electron chi connectivity index (χ3n) is 3.38. The van der Waals surface area contributed by atoms with Gasteiger partial charge in [-0.15, -0.1) is 0 Å². The fourth-order valence-electron chi connectivity index (χ4n) is 2.24. The van der Waals surface area contributed by atoms with Crippen molar-refractivity contribution in [2.24, 2.45) is 5.92 Å². The molecule has 100 valence electrons. The zero-order valence-electron chi connectivity index (χ0n) is 11.2. The molecule has 3 nitrogen and oxygen atoms in total. The lowest BCUT2D eigenvalue weighted by Crippen LogP contribution is -2.34. The average Bonchev–Trinajstić information content (AvgIpc) is 3.08. The van der Waals surface area contributed by atoms with E-state index in [9.17, 15) is 4.79 Å². The maximum absolute atomic E-state index is 12.6. The third kappa shape index (κ3) is 3.16. The first-order valence-corrected chi connectivity index (χ1v) is 7.60. The standard InChI is InChI=1S/C14H21BrN2O/c1-3-7-17(9-11-5-6-11)14(18)13-8-12(15)10-16(13)4-2/h8,10-11H,3-7,9H2,1-2H3. The molecule has 0 spiro atoms. The van der Waals surface area contributed by atoms with Crippen molar-refractivity contribution in [3.8, 4) is 0 Å². The Balaban J connectivity index is 2.14. The van der Waals surface area contributed by atoms with Crippen molar-refractivity contribution >= 4 is 21.8 Å². The van der Waals surface area contributed by atoms with Crippen molar-refractivity contribution in [1.29, 1.82) is 0 Å². The number of carbonyl (C=O) groups excluding carboxylic acids is 1. The summed E-state index contributed by atoms with van der Waals surface area (Å²) < 4.78 is 3.00. The molecule has 1 aliphatic rings. The van der Waals surface area contributed by atoms with Gasteiger partial charge in [0.15, 0.2) is 0 Å². The van der Waals surface area contributed by atoms with Gasteiger partial charge in [0.2, 0.25) is 0 Å². The maximum Gasteiger partial charge on any atom is 0.270 e. The van der Waals surface area contributed by atoms with E-state index >= 15 is 0 Å². The molecule has 4 heteroatoms. The van der Waals surface area contributed by atoms with Gasteiger partial charge in [0, 0.05) is 30.3 Å². The predicted molar refractivity (Wildman–Crippen MR) is 76.7 cm³/mol. The van der Waals surface area contributed by atoms with Gasteiger partial charge in [0.1, 0.15) is 5.69 Å². The van der Waals surface area contributed by atoms with Gasteiger partial charge in [-0.25, -0.2) is 0 Å². The van der Waals surface area contributed by atoms with Crippen LogP contribution in [0, 0.1) is 5.92 Å². The number of aryl methyl sites for hydroxylation is 1. The second-order valence-corrected chi connectivity index (χ2v) is 5.94. The lowest BCUT2D eigenvalue weighted by molar-refractivity contribution is 0.0737. The molecule has 1 aliphatic carbocycles. The van der Waals surface area contributed by atoms with Crippen LogP contribution in [0.3, 0.4) is 0 Å². The summed E-state index contributed by atoms with van der Waals surface area (Å²) in [6.07, 6.45) is 5.57. The van der Waals surface area contributed by atoms with E-state index in [0.717, 1.165) is 42.1 Å². The first kappa shape index (κ1) is 13.7. The number of aromatic nitrogens is 1. The number of rotatable bonds is 6. The number of hydrogen-bond donors (Lipinski definition) is 0. The molecule has 0 radical (unpaired) electrons. The lowest BCUT2D eigenvalue weighted by atomic mass is 10.3. The molecule has 1 amide bonds. The first-order chi connectivity index (χ1) is 8.65. The van der Waals surface area contributed by atoms with Crippen LogP contribution in [0.15, 0.2) is 16.7 Å². The number of amides is 1. The highest BCUT2D eigenvalue weighted by Gasteiger charge is 2.27. The van der Waals surface area contributed by atoms with Gasteiger partial charge in [-0.2, -0.15) is 0 Å². The van der Waals surface area contributed by atoms with Crippen LogP contribution < -0.4 is 0 Å². The number of hydrogen-bond acceptors (Lipinski definition) is 1. The van der Waals surface area contributed by atoms with Crippen LogP contribution in [0.5, 0.6) is 0 Å². The van der Waals surface area contributed by atoms with Crippen LogP contribution >= 0.6 is 15.9 Å². The maximum atomic E-state index is 12.6. The minimum atomic E-state index is 0.177. The van der Waals surface area contributed by atoms with Crippen molar-refractivity contribution in [2.75, 3.05) is 13.1 Å². The number of halogens is 1. The summed E-state index contributed by atoms with van der Waals surface area (Å²) in [5, 5.41) is 0. The van der Waals surface area contributed by atoms with Crippen molar-refractivity contribution < 1.29 is 4.79 Å². The van der Waals surface area contributed by atoms with Gasteiger partial charge in [0.25, 0.3) is 5.91 Å². The van der Waals surface area contributed by atoms with Crippen molar-refractivity contribution in [1.82, 2.24) is 9.47 Å². The first-order valence-electron chi connectivity index (χ1n) is 6.80. The Morgan fingerprint density at radius 3 is 2.78 bits per heavy atom. The Kier molecular flexibility index (Phi) is 4.49. The second-order valence-electron chi connectivity index (χ2n) is 5.02. The highest BCUT2D eigenvalue weighted by molar-refractivity contribution is 9.10. The zero-order chi connectivity index (χ0) is 13.1. The van der Waals surface area contributed by atoms with Gasteiger partial charge < -0.3 is 9.47 Å². The Morgan fingerprint density at radius 2 is 2.22 bits per heavy atom. The summed E-state index contributed by atoms with van der Waals surface area (Å²) in [6, 6.07) is 1.93. The molecule has 0 unspecified atom stereocenters. The molecule has 1 fully saturated rings. The average molecular weight is 313 g/mol. The quantitative estimate of drug-likeness (QED) is 0.789. The molecule has 1 heterocycles. The minimum Gasteiger partial charge on any atom is -0.343 e. The summed E-state index contributed by atoms with van der Waals surface area (Å²) in [4.78, 5) is 14.6. The molecule has 18 heavy (non-hydrogen) atoms. The highest BCUT2D eigenvalue weighted by Crippen LogP contribution is 2.30. The van der Waals surface area contributed by atoms with Gasteiger partial charge in [0.05, 0.1) is 0 Å². The van der Waals surface area contributed by atoms with E-state index in [1.54, 1.807) is 0 Å². The fraction of sp³-hybridized carbons (Fsp3) is 0.643. The van der Waals surface area contributed by atoms with Crippen LogP contribution in [0.1, 0.15) is 43.6 Å². The van der Waals surface area contributed by atoms with Crippen LogP contribution in [-0.4, -0.2) is 28.5 Å². The normalized spacial score (nSPS) is 14.8. The lowest BCUT2D eigenvalue weighted by Gasteiger charge is -2.22. The van der Waals surface area contributed by atoms with Crippen molar-refractivity contribution in [3.05, 3.63) is 22.4 Å². The molecule has 0 bridgehead atoms. The van der Waals surface area contributed by atoms with Gasteiger partial charge >= 0.3 is 0 Å². The highest BCUT2D eigenvalue weighted by atomic mass is 79.9. The second kappa shape index (κ2) is 5.91. The molecule has 0 saturated heterocycles. The molecular weight excluding hydrogens is 292 g/mol. The summed E-state index contributed by atoms with van der Waals surface area (Å²) in [5.74, 6) is 0.922. The Morgan fingerprint density at radius 1 is 1.50 bits per heavy atom.